The predicted molar refractivity (Wildman–Crippen MR) is 54.0 cm³/mol. The molecular formula is C9H16N2O5. The normalized spacial score (nSPS) is 21.4. The van der Waals surface area contributed by atoms with Crippen molar-refractivity contribution in [3.63, 3.8) is 0 Å². The maximum atomic E-state index is 11.2. The first-order valence-corrected chi connectivity index (χ1v) is 5.09. The van der Waals surface area contributed by atoms with Crippen LogP contribution >= 0.6 is 0 Å². The zero-order valence-electron chi connectivity index (χ0n) is 8.81. The molecule has 0 saturated carbocycles. The van der Waals surface area contributed by atoms with Gasteiger partial charge in [-0.2, -0.15) is 0 Å². The summed E-state index contributed by atoms with van der Waals surface area (Å²) < 4.78 is 5.12. The summed E-state index contributed by atoms with van der Waals surface area (Å²) in [5.74, 6) is -0.981. The highest BCUT2D eigenvalue weighted by atomic mass is 16.5. The van der Waals surface area contributed by atoms with Crippen LogP contribution in [0, 0.1) is 5.92 Å². The van der Waals surface area contributed by atoms with E-state index in [0.29, 0.717) is 19.8 Å². The van der Waals surface area contributed by atoms with Gasteiger partial charge in [0.2, 0.25) is 0 Å². The van der Waals surface area contributed by atoms with Crippen LogP contribution in [0.15, 0.2) is 0 Å². The molecule has 1 unspecified atom stereocenters. The van der Waals surface area contributed by atoms with Crippen LogP contribution in [0.4, 0.5) is 4.79 Å². The standard InChI is InChI=1S/C9H16N2O5/c12-4-7(8(13)14)11-9(15)10-3-6-1-2-16-5-6/h6-7,12H,1-5H2,(H,13,14)(H2,10,11,15)/t6?,7-/m1/s1. The van der Waals surface area contributed by atoms with Crippen molar-refractivity contribution in [2.75, 3.05) is 26.4 Å². The summed E-state index contributed by atoms with van der Waals surface area (Å²) in [6, 6.07) is -1.85. The summed E-state index contributed by atoms with van der Waals surface area (Å²) >= 11 is 0. The molecule has 0 aromatic rings. The summed E-state index contributed by atoms with van der Waals surface area (Å²) in [4.78, 5) is 21.7. The molecular weight excluding hydrogens is 216 g/mol. The van der Waals surface area contributed by atoms with E-state index in [4.69, 9.17) is 14.9 Å². The molecule has 92 valence electrons. The van der Waals surface area contributed by atoms with E-state index in [-0.39, 0.29) is 5.92 Å². The zero-order chi connectivity index (χ0) is 12.0. The maximum Gasteiger partial charge on any atom is 0.328 e. The van der Waals surface area contributed by atoms with E-state index in [1.165, 1.54) is 0 Å². The Morgan fingerprint density at radius 1 is 1.50 bits per heavy atom. The number of nitrogens with one attached hydrogen (secondary N) is 2. The smallest absolute Gasteiger partial charge is 0.328 e. The number of carboxylic acids is 1. The molecule has 0 bridgehead atoms. The first-order chi connectivity index (χ1) is 7.63. The van der Waals surface area contributed by atoms with Gasteiger partial charge in [0, 0.05) is 19.1 Å². The van der Waals surface area contributed by atoms with Gasteiger partial charge in [0.1, 0.15) is 0 Å². The second-order valence-electron chi connectivity index (χ2n) is 3.66. The summed E-state index contributed by atoms with van der Waals surface area (Å²) in [6.45, 7) is 1.13. The van der Waals surface area contributed by atoms with Gasteiger partial charge in [0.25, 0.3) is 0 Å². The SMILES string of the molecule is O=C(NCC1CCOC1)N[C@H](CO)C(=O)O. The largest absolute Gasteiger partial charge is 0.480 e. The molecule has 1 heterocycles. The lowest BCUT2D eigenvalue weighted by molar-refractivity contribution is -0.140. The predicted octanol–water partition coefficient (Wildman–Crippen LogP) is -1.23. The first-order valence-electron chi connectivity index (χ1n) is 5.09. The minimum Gasteiger partial charge on any atom is -0.480 e. The summed E-state index contributed by atoms with van der Waals surface area (Å²) in [5, 5.41) is 22.0. The van der Waals surface area contributed by atoms with Gasteiger partial charge in [0.15, 0.2) is 6.04 Å². The van der Waals surface area contributed by atoms with Crippen LogP contribution in [0.1, 0.15) is 6.42 Å². The Hall–Kier alpha value is -1.34. The number of rotatable bonds is 5. The number of carbonyl (C=O) groups is 2. The van der Waals surface area contributed by atoms with Crippen molar-refractivity contribution in [1.82, 2.24) is 10.6 Å². The third-order valence-electron chi connectivity index (χ3n) is 2.36. The van der Waals surface area contributed by atoms with Crippen LogP contribution in [-0.4, -0.2) is 54.6 Å². The van der Waals surface area contributed by atoms with Gasteiger partial charge >= 0.3 is 12.0 Å². The van der Waals surface area contributed by atoms with Crippen molar-refractivity contribution in [2.24, 2.45) is 5.92 Å². The molecule has 0 spiro atoms. The summed E-state index contributed by atoms with van der Waals surface area (Å²) in [6.07, 6.45) is 0.892. The number of amides is 2. The van der Waals surface area contributed by atoms with Crippen LogP contribution in [0.2, 0.25) is 0 Å². The van der Waals surface area contributed by atoms with Crippen molar-refractivity contribution in [2.45, 2.75) is 12.5 Å². The Kier molecular flexibility index (Phi) is 5.00. The molecule has 0 radical (unpaired) electrons. The van der Waals surface area contributed by atoms with Crippen LogP contribution in [0.3, 0.4) is 0 Å². The molecule has 1 aliphatic rings. The van der Waals surface area contributed by atoms with E-state index < -0.39 is 24.6 Å². The van der Waals surface area contributed by atoms with Crippen LogP contribution in [-0.2, 0) is 9.53 Å². The molecule has 0 aliphatic carbocycles. The lowest BCUT2D eigenvalue weighted by Gasteiger charge is -2.14. The Bertz CT molecular complexity index is 252. The number of aliphatic hydroxyl groups is 1. The van der Waals surface area contributed by atoms with Gasteiger partial charge in [-0.1, -0.05) is 0 Å². The Balaban J connectivity index is 2.21. The van der Waals surface area contributed by atoms with E-state index in [9.17, 15) is 9.59 Å². The average molecular weight is 232 g/mol. The van der Waals surface area contributed by atoms with Crippen molar-refractivity contribution in [1.29, 1.82) is 0 Å². The highest BCUT2D eigenvalue weighted by molar-refractivity contribution is 5.82. The molecule has 1 fully saturated rings. The minimum absolute atomic E-state index is 0.281. The first kappa shape index (κ1) is 12.7. The average Bonchev–Trinajstić information content (AvgIpc) is 2.75. The summed E-state index contributed by atoms with van der Waals surface area (Å²) in [5.41, 5.74) is 0. The maximum absolute atomic E-state index is 11.2. The van der Waals surface area contributed by atoms with Crippen LogP contribution in [0.5, 0.6) is 0 Å². The monoisotopic (exact) mass is 232 g/mol. The fourth-order valence-electron chi connectivity index (χ4n) is 1.38. The molecule has 1 aliphatic heterocycles. The number of carbonyl (C=O) groups excluding carboxylic acids is 1. The second kappa shape index (κ2) is 6.29. The quantitative estimate of drug-likeness (QED) is 0.474. The van der Waals surface area contributed by atoms with Gasteiger partial charge in [0.05, 0.1) is 13.2 Å². The topological polar surface area (TPSA) is 108 Å². The van der Waals surface area contributed by atoms with E-state index in [0.717, 1.165) is 6.42 Å². The number of aliphatic hydroxyl groups excluding tert-OH is 1. The van der Waals surface area contributed by atoms with E-state index in [2.05, 4.69) is 10.6 Å². The van der Waals surface area contributed by atoms with Crippen LogP contribution in [0.25, 0.3) is 0 Å². The van der Waals surface area contributed by atoms with Crippen molar-refractivity contribution in [3.8, 4) is 0 Å². The van der Waals surface area contributed by atoms with E-state index in [1.54, 1.807) is 0 Å². The molecule has 7 nitrogen and oxygen atoms in total. The molecule has 16 heavy (non-hydrogen) atoms. The fraction of sp³-hybridized carbons (Fsp3) is 0.778. The molecule has 0 aromatic carbocycles. The van der Waals surface area contributed by atoms with Crippen molar-refractivity contribution < 1.29 is 24.5 Å². The molecule has 7 heteroatoms. The number of aliphatic carboxylic acids is 1. The van der Waals surface area contributed by atoms with Crippen LogP contribution < -0.4 is 10.6 Å². The number of carboxylic acid groups (broad SMARTS) is 1. The van der Waals surface area contributed by atoms with Crippen molar-refractivity contribution in [3.05, 3.63) is 0 Å². The van der Waals surface area contributed by atoms with Gasteiger partial charge in [-0.05, 0) is 6.42 Å². The van der Waals surface area contributed by atoms with Gasteiger partial charge < -0.3 is 25.6 Å². The zero-order valence-corrected chi connectivity index (χ0v) is 8.81. The fourth-order valence-corrected chi connectivity index (χ4v) is 1.38. The number of ether oxygens (including phenoxy) is 1. The van der Waals surface area contributed by atoms with Gasteiger partial charge in [-0.15, -0.1) is 0 Å². The molecule has 2 amide bonds. The number of urea groups is 1. The molecule has 4 N–H and O–H groups in total. The van der Waals surface area contributed by atoms with Gasteiger partial charge in [-0.25, -0.2) is 9.59 Å². The molecule has 1 saturated heterocycles. The highest BCUT2D eigenvalue weighted by Gasteiger charge is 2.20. The minimum atomic E-state index is -1.26. The lowest BCUT2D eigenvalue weighted by Crippen LogP contribution is -2.48. The highest BCUT2D eigenvalue weighted by Crippen LogP contribution is 2.10. The van der Waals surface area contributed by atoms with Gasteiger partial charge in [-0.3, -0.25) is 0 Å². The Morgan fingerprint density at radius 2 is 2.25 bits per heavy atom. The summed E-state index contributed by atoms with van der Waals surface area (Å²) in [7, 11) is 0. The molecule has 0 aromatic heterocycles. The third-order valence-corrected chi connectivity index (χ3v) is 2.36. The second-order valence-corrected chi connectivity index (χ2v) is 3.66. The molecule has 1 rings (SSSR count). The van der Waals surface area contributed by atoms with E-state index in [1.807, 2.05) is 0 Å². The third kappa shape index (κ3) is 4.03. The Labute approximate surface area is 92.8 Å². The van der Waals surface area contributed by atoms with Crippen molar-refractivity contribution >= 4 is 12.0 Å². The van der Waals surface area contributed by atoms with E-state index >= 15 is 0 Å². The number of hydrogen-bond acceptors (Lipinski definition) is 4. The Morgan fingerprint density at radius 3 is 2.75 bits per heavy atom. The number of hydrogen-bond donors (Lipinski definition) is 4. The lowest BCUT2D eigenvalue weighted by atomic mass is 10.1. The molecule has 2 atom stereocenters.